The molecule has 2 aromatic rings. The van der Waals surface area contributed by atoms with Gasteiger partial charge >= 0.3 is 5.69 Å². The van der Waals surface area contributed by atoms with E-state index in [4.69, 9.17) is 21.6 Å². The highest BCUT2D eigenvalue weighted by Crippen LogP contribution is 2.32. The molecule has 21 heavy (non-hydrogen) atoms. The molecule has 0 aliphatic rings. The summed E-state index contributed by atoms with van der Waals surface area (Å²) in [5.74, 6) is 0.0854. The van der Waals surface area contributed by atoms with E-state index in [1.807, 2.05) is 13.0 Å². The van der Waals surface area contributed by atoms with Crippen molar-refractivity contribution in [2.45, 2.75) is 13.3 Å². The van der Waals surface area contributed by atoms with E-state index in [0.29, 0.717) is 6.42 Å². The van der Waals surface area contributed by atoms with Crippen molar-refractivity contribution in [3.63, 3.8) is 0 Å². The predicted molar refractivity (Wildman–Crippen MR) is 76.5 cm³/mol. The van der Waals surface area contributed by atoms with E-state index in [2.05, 4.69) is 4.98 Å². The van der Waals surface area contributed by atoms with Crippen LogP contribution in [0.5, 0.6) is 11.6 Å². The smallest absolute Gasteiger partial charge is 0.311 e. The van der Waals surface area contributed by atoms with Gasteiger partial charge in [-0.25, -0.2) is 4.98 Å². The largest absolute Gasteiger partial charge is 0.432 e. The lowest BCUT2D eigenvalue weighted by Crippen LogP contribution is -1.96. The molecule has 0 N–H and O–H groups in total. The van der Waals surface area contributed by atoms with Gasteiger partial charge in [-0.15, -0.1) is 0 Å². The normalized spacial score (nSPS) is 9.95. The molecule has 1 heterocycles. The van der Waals surface area contributed by atoms with E-state index in [1.165, 1.54) is 24.3 Å². The molecule has 106 valence electrons. The quantitative estimate of drug-likeness (QED) is 0.486. The van der Waals surface area contributed by atoms with Crippen LogP contribution in [0.3, 0.4) is 0 Å². The number of nitro benzene ring substituents is 1. The van der Waals surface area contributed by atoms with Gasteiger partial charge in [0.1, 0.15) is 5.15 Å². The van der Waals surface area contributed by atoms with E-state index in [-0.39, 0.29) is 28.0 Å². The average molecular weight is 304 g/mol. The number of ether oxygens (including phenoxy) is 1. The number of hydrogen-bond donors (Lipinski definition) is 0. The maximum atomic E-state index is 11.1. The summed E-state index contributed by atoms with van der Waals surface area (Å²) in [6, 6.07) is 9.34. The second-order valence-electron chi connectivity index (χ2n) is 4.14. The molecule has 1 aromatic carbocycles. The fourth-order valence-electron chi connectivity index (χ4n) is 1.71. The minimum Gasteiger partial charge on any atom is -0.432 e. The summed E-state index contributed by atoms with van der Waals surface area (Å²) in [6.07, 6.45) is 0.676. The fraction of sp³-hybridized carbons (Fsp3) is 0.143. The molecule has 0 saturated carbocycles. The van der Waals surface area contributed by atoms with Crippen LogP contribution >= 0.6 is 11.6 Å². The zero-order chi connectivity index (χ0) is 15.4. The van der Waals surface area contributed by atoms with Crippen LogP contribution in [0.15, 0.2) is 30.3 Å². The highest BCUT2D eigenvalue weighted by Gasteiger charge is 2.17. The summed E-state index contributed by atoms with van der Waals surface area (Å²) in [6.45, 7) is 1.90. The molecule has 6 nitrogen and oxygen atoms in total. The number of nitrogens with zero attached hydrogens (tertiary/aromatic N) is 3. The van der Waals surface area contributed by atoms with E-state index in [1.54, 1.807) is 6.07 Å². The van der Waals surface area contributed by atoms with Crippen molar-refractivity contribution in [3.8, 4) is 17.7 Å². The number of pyridine rings is 1. The second-order valence-corrected chi connectivity index (χ2v) is 4.53. The number of aromatic nitrogens is 1. The Morgan fingerprint density at radius 2 is 2.19 bits per heavy atom. The standard InChI is InChI=1S/C14H10ClN3O3/c1-2-9-3-4-12(11(5-9)18(19)20)21-14-7-10(8-16)6-13(15)17-14/h3-7H,2H2,1H3. The SMILES string of the molecule is CCc1ccc(Oc2cc(C#N)cc(Cl)n2)c([N+](=O)[O-])c1. The Bertz CT molecular complexity index is 741. The van der Waals surface area contributed by atoms with Crippen molar-refractivity contribution < 1.29 is 9.66 Å². The molecule has 0 aliphatic carbocycles. The van der Waals surface area contributed by atoms with Gasteiger partial charge in [0.15, 0.2) is 0 Å². The summed E-state index contributed by atoms with van der Waals surface area (Å²) in [5, 5.41) is 20.0. The molecular formula is C14H10ClN3O3. The van der Waals surface area contributed by atoms with Gasteiger partial charge < -0.3 is 4.74 Å². The Morgan fingerprint density at radius 3 is 2.81 bits per heavy atom. The van der Waals surface area contributed by atoms with Crippen LogP contribution < -0.4 is 4.74 Å². The Balaban J connectivity index is 2.42. The van der Waals surface area contributed by atoms with Crippen LogP contribution in [0, 0.1) is 21.4 Å². The van der Waals surface area contributed by atoms with Gasteiger partial charge in [-0.3, -0.25) is 10.1 Å². The van der Waals surface area contributed by atoms with Crippen LogP contribution in [0.25, 0.3) is 0 Å². The molecule has 0 spiro atoms. The van der Waals surface area contributed by atoms with E-state index in [9.17, 15) is 10.1 Å². The Hall–Kier alpha value is -2.65. The predicted octanol–water partition coefficient (Wildman–Crippen LogP) is 3.87. The van der Waals surface area contributed by atoms with Crippen molar-refractivity contribution >= 4 is 17.3 Å². The molecule has 0 radical (unpaired) electrons. The number of nitro groups is 1. The van der Waals surface area contributed by atoms with Crippen LogP contribution in [-0.2, 0) is 6.42 Å². The Morgan fingerprint density at radius 1 is 1.43 bits per heavy atom. The first-order valence-corrected chi connectivity index (χ1v) is 6.44. The van der Waals surface area contributed by atoms with Gasteiger partial charge in [0.05, 0.1) is 16.6 Å². The first kappa shape index (κ1) is 14.8. The second kappa shape index (κ2) is 6.20. The zero-order valence-electron chi connectivity index (χ0n) is 11.0. The van der Waals surface area contributed by atoms with Crippen LogP contribution in [0.4, 0.5) is 5.69 Å². The monoisotopic (exact) mass is 303 g/mol. The maximum absolute atomic E-state index is 11.1. The molecule has 0 unspecified atom stereocenters. The molecule has 0 bridgehead atoms. The van der Waals surface area contributed by atoms with Crippen molar-refractivity contribution in [3.05, 3.63) is 56.7 Å². The highest BCUT2D eigenvalue weighted by atomic mass is 35.5. The van der Waals surface area contributed by atoms with E-state index < -0.39 is 4.92 Å². The summed E-state index contributed by atoms with van der Waals surface area (Å²) in [7, 11) is 0. The minimum atomic E-state index is -0.524. The van der Waals surface area contributed by atoms with Crippen LogP contribution in [0.2, 0.25) is 5.15 Å². The first-order chi connectivity index (χ1) is 10.0. The van der Waals surface area contributed by atoms with Crippen LogP contribution in [0.1, 0.15) is 18.1 Å². The molecular weight excluding hydrogens is 294 g/mol. The van der Waals surface area contributed by atoms with Gasteiger partial charge in [0.25, 0.3) is 0 Å². The van der Waals surface area contributed by atoms with Crippen molar-refractivity contribution in [1.29, 1.82) is 5.26 Å². The first-order valence-electron chi connectivity index (χ1n) is 6.06. The minimum absolute atomic E-state index is 0.0337. The van der Waals surface area contributed by atoms with Gasteiger partial charge in [-0.2, -0.15) is 5.26 Å². The average Bonchev–Trinajstić information content (AvgIpc) is 2.46. The fourth-order valence-corrected chi connectivity index (χ4v) is 1.92. The lowest BCUT2D eigenvalue weighted by Gasteiger charge is -2.07. The molecule has 0 fully saturated rings. The lowest BCUT2D eigenvalue weighted by atomic mass is 10.1. The molecule has 0 atom stereocenters. The van der Waals surface area contributed by atoms with Crippen molar-refractivity contribution in [1.82, 2.24) is 4.98 Å². The van der Waals surface area contributed by atoms with Crippen molar-refractivity contribution in [2.24, 2.45) is 0 Å². The van der Waals surface area contributed by atoms with Gasteiger partial charge in [-0.1, -0.05) is 24.6 Å². The lowest BCUT2D eigenvalue weighted by molar-refractivity contribution is -0.385. The topological polar surface area (TPSA) is 89.0 Å². The summed E-state index contributed by atoms with van der Waals surface area (Å²) in [4.78, 5) is 14.5. The molecule has 0 aliphatic heterocycles. The zero-order valence-corrected chi connectivity index (χ0v) is 11.8. The number of nitriles is 1. The number of halogens is 1. The summed E-state index contributed by atoms with van der Waals surface area (Å²) < 4.78 is 5.41. The summed E-state index contributed by atoms with van der Waals surface area (Å²) in [5.41, 5.74) is 0.929. The van der Waals surface area contributed by atoms with Gasteiger partial charge in [0.2, 0.25) is 11.6 Å². The van der Waals surface area contributed by atoms with Gasteiger partial charge in [-0.05, 0) is 24.1 Å². The van der Waals surface area contributed by atoms with Crippen LogP contribution in [-0.4, -0.2) is 9.91 Å². The van der Waals surface area contributed by atoms with Crippen molar-refractivity contribution in [2.75, 3.05) is 0 Å². The third-order valence-electron chi connectivity index (χ3n) is 2.74. The number of benzene rings is 1. The molecule has 1 aromatic heterocycles. The van der Waals surface area contributed by atoms with Gasteiger partial charge in [0, 0.05) is 12.1 Å². The number of hydrogen-bond acceptors (Lipinski definition) is 5. The maximum Gasteiger partial charge on any atom is 0.311 e. The molecule has 0 saturated heterocycles. The Kier molecular flexibility index (Phi) is 4.36. The number of aryl methyl sites for hydroxylation is 1. The summed E-state index contributed by atoms with van der Waals surface area (Å²) >= 11 is 5.77. The third-order valence-corrected chi connectivity index (χ3v) is 2.94. The Labute approximate surface area is 125 Å². The third kappa shape index (κ3) is 3.46. The number of rotatable bonds is 4. The molecule has 2 rings (SSSR count). The van der Waals surface area contributed by atoms with E-state index >= 15 is 0 Å². The highest BCUT2D eigenvalue weighted by molar-refractivity contribution is 6.29. The molecule has 7 heteroatoms. The van der Waals surface area contributed by atoms with E-state index in [0.717, 1.165) is 5.56 Å². The molecule has 0 amide bonds.